The van der Waals surface area contributed by atoms with Gasteiger partial charge in [0.05, 0.1) is 0 Å². The van der Waals surface area contributed by atoms with Crippen molar-refractivity contribution < 1.29 is 0 Å². The zero-order valence-corrected chi connectivity index (χ0v) is 12.3. The number of rotatable bonds is 2. The largest absolute Gasteiger partial charge is 0.325 e. The summed E-state index contributed by atoms with van der Waals surface area (Å²) in [6, 6.07) is 6.73. The fourth-order valence-electron chi connectivity index (χ4n) is 3.33. The smallest absolute Gasteiger partial charge is 0.0221 e. The standard InChI is InChI=1S/C17H27N/c1-12-5-6-14(3)16(10-12)11-17(18)8-7-13(2)9-15(17)4/h5-6,10,13,15H,7-9,11,18H2,1-4H3. The van der Waals surface area contributed by atoms with E-state index in [0.29, 0.717) is 5.92 Å². The van der Waals surface area contributed by atoms with Crippen LogP contribution in [0.3, 0.4) is 0 Å². The van der Waals surface area contributed by atoms with E-state index in [1.807, 2.05) is 0 Å². The first-order chi connectivity index (χ1) is 8.40. The van der Waals surface area contributed by atoms with Gasteiger partial charge in [-0.15, -0.1) is 0 Å². The molecule has 0 bridgehead atoms. The van der Waals surface area contributed by atoms with E-state index in [0.717, 1.165) is 12.3 Å². The number of hydrogen-bond donors (Lipinski definition) is 1. The second-order valence-corrected chi connectivity index (χ2v) is 6.62. The van der Waals surface area contributed by atoms with Crippen LogP contribution in [0.15, 0.2) is 18.2 Å². The van der Waals surface area contributed by atoms with Gasteiger partial charge in [0.15, 0.2) is 0 Å². The van der Waals surface area contributed by atoms with Gasteiger partial charge >= 0.3 is 0 Å². The molecule has 1 aliphatic rings. The first-order valence-corrected chi connectivity index (χ1v) is 7.26. The summed E-state index contributed by atoms with van der Waals surface area (Å²) in [6.07, 6.45) is 4.77. The van der Waals surface area contributed by atoms with Gasteiger partial charge in [0, 0.05) is 5.54 Å². The molecule has 3 atom stereocenters. The highest BCUT2D eigenvalue weighted by Crippen LogP contribution is 2.37. The highest BCUT2D eigenvalue weighted by atomic mass is 14.8. The van der Waals surface area contributed by atoms with Crippen molar-refractivity contribution in [3.8, 4) is 0 Å². The number of benzene rings is 1. The van der Waals surface area contributed by atoms with E-state index in [1.165, 1.54) is 36.0 Å². The molecule has 3 unspecified atom stereocenters. The van der Waals surface area contributed by atoms with Crippen molar-refractivity contribution in [3.63, 3.8) is 0 Å². The predicted octanol–water partition coefficient (Wildman–Crippen LogP) is 4.00. The molecule has 2 N–H and O–H groups in total. The van der Waals surface area contributed by atoms with E-state index in [1.54, 1.807) is 0 Å². The first-order valence-electron chi connectivity index (χ1n) is 7.26. The van der Waals surface area contributed by atoms with Gasteiger partial charge in [0.25, 0.3) is 0 Å². The molecule has 2 rings (SSSR count). The SMILES string of the molecule is Cc1ccc(C)c(CC2(N)CCC(C)CC2C)c1. The minimum absolute atomic E-state index is 0.00502. The van der Waals surface area contributed by atoms with Crippen molar-refractivity contribution >= 4 is 0 Å². The molecule has 0 radical (unpaired) electrons. The molecular formula is C17H27N. The summed E-state index contributed by atoms with van der Waals surface area (Å²) >= 11 is 0. The lowest BCUT2D eigenvalue weighted by Gasteiger charge is -2.42. The third-order valence-corrected chi connectivity index (χ3v) is 4.86. The third-order valence-electron chi connectivity index (χ3n) is 4.86. The van der Waals surface area contributed by atoms with Gasteiger partial charge in [-0.3, -0.25) is 0 Å². The summed E-state index contributed by atoms with van der Waals surface area (Å²) in [6.45, 7) is 9.06. The Balaban J connectivity index is 2.19. The van der Waals surface area contributed by atoms with Crippen LogP contribution in [0.5, 0.6) is 0 Å². The zero-order chi connectivity index (χ0) is 13.3. The van der Waals surface area contributed by atoms with Crippen LogP contribution in [0.1, 0.15) is 49.8 Å². The Morgan fingerprint density at radius 2 is 2.00 bits per heavy atom. The van der Waals surface area contributed by atoms with Crippen molar-refractivity contribution in [3.05, 3.63) is 34.9 Å². The molecule has 1 heteroatoms. The lowest BCUT2D eigenvalue weighted by molar-refractivity contribution is 0.163. The Morgan fingerprint density at radius 3 is 2.67 bits per heavy atom. The molecule has 1 saturated carbocycles. The van der Waals surface area contributed by atoms with Crippen LogP contribution in [-0.4, -0.2) is 5.54 Å². The van der Waals surface area contributed by atoms with Crippen molar-refractivity contribution in [2.75, 3.05) is 0 Å². The maximum atomic E-state index is 6.72. The van der Waals surface area contributed by atoms with E-state index < -0.39 is 0 Å². The predicted molar refractivity (Wildman–Crippen MR) is 78.7 cm³/mol. The van der Waals surface area contributed by atoms with Crippen LogP contribution in [0.4, 0.5) is 0 Å². The van der Waals surface area contributed by atoms with E-state index in [9.17, 15) is 0 Å². The molecule has 1 aliphatic carbocycles. The molecule has 1 aromatic carbocycles. The molecule has 0 aliphatic heterocycles. The van der Waals surface area contributed by atoms with E-state index >= 15 is 0 Å². The number of aryl methyl sites for hydroxylation is 2. The van der Waals surface area contributed by atoms with Gasteiger partial charge in [0.2, 0.25) is 0 Å². The second-order valence-electron chi connectivity index (χ2n) is 6.62. The van der Waals surface area contributed by atoms with Crippen LogP contribution in [-0.2, 0) is 6.42 Å². The van der Waals surface area contributed by atoms with E-state index in [4.69, 9.17) is 5.73 Å². The lowest BCUT2D eigenvalue weighted by atomic mass is 9.68. The van der Waals surface area contributed by atoms with Gasteiger partial charge < -0.3 is 5.73 Å². The Morgan fingerprint density at radius 1 is 1.28 bits per heavy atom. The van der Waals surface area contributed by atoms with Crippen LogP contribution in [0.2, 0.25) is 0 Å². The fraction of sp³-hybridized carbons (Fsp3) is 0.647. The molecule has 100 valence electrons. The molecule has 1 nitrogen and oxygen atoms in total. The number of hydrogen-bond acceptors (Lipinski definition) is 1. The summed E-state index contributed by atoms with van der Waals surface area (Å²) in [7, 11) is 0. The Kier molecular flexibility index (Phi) is 3.82. The van der Waals surface area contributed by atoms with Crippen molar-refractivity contribution in [2.45, 2.75) is 58.9 Å². The summed E-state index contributed by atoms with van der Waals surface area (Å²) in [4.78, 5) is 0. The van der Waals surface area contributed by atoms with E-state index in [-0.39, 0.29) is 5.54 Å². The van der Waals surface area contributed by atoms with Crippen LogP contribution < -0.4 is 5.73 Å². The first kappa shape index (κ1) is 13.6. The Hall–Kier alpha value is -0.820. The van der Waals surface area contributed by atoms with Crippen LogP contribution in [0, 0.1) is 25.7 Å². The molecule has 0 aromatic heterocycles. The summed E-state index contributed by atoms with van der Waals surface area (Å²) in [5.74, 6) is 1.47. The fourth-order valence-corrected chi connectivity index (χ4v) is 3.33. The summed E-state index contributed by atoms with van der Waals surface area (Å²) < 4.78 is 0. The molecule has 0 heterocycles. The van der Waals surface area contributed by atoms with Gasteiger partial charge in [-0.1, -0.05) is 37.6 Å². The molecule has 18 heavy (non-hydrogen) atoms. The molecule has 1 aromatic rings. The molecular weight excluding hydrogens is 218 g/mol. The maximum Gasteiger partial charge on any atom is 0.0221 e. The van der Waals surface area contributed by atoms with Crippen molar-refractivity contribution in [1.82, 2.24) is 0 Å². The van der Waals surface area contributed by atoms with Gasteiger partial charge in [-0.2, -0.15) is 0 Å². The quantitative estimate of drug-likeness (QED) is 0.837. The average molecular weight is 245 g/mol. The number of nitrogens with two attached hydrogens (primary N) is 1. The molecule has 0 spiro atoms. The van der Waals surface area contributed by atoms with Crippen molar-refractivity contribution in [1.29, 1.82) is 0 Å². The van der Waals surface area contributed by atoms with Gasteiger partial charge in [-0.25, -0.2) is 0 Å². The topological polar surface area (TPSA) is 26.0 Å². The van der Waals surface area contributed by atoms with Gasteiger partial charge in [-0.05, 0) is 62.5 Å². The second kappa shape index (κ2) is 5.05. The van der Waals surface area contributed by atoms with Gasteiger partial charge in [0.1, 0.15) is 0 Å². The normalized spacial score (nSPS) is 32.5. The summed E-state index contributed by atoms with van der Waals surface area (Å²) in [5.41, 5.74) is 10.9. The lowest BCUT2D eigenvalue weighted by Crippen LogP contribution is -2.51. The highest BCUT2D eigenvalue weighted by molar-refractivity contribution is 5.32. The van der Waals surface area contributed by atoms with Crippen LogP contribution in [0.25, 0.3) is 0 Å². The molecule has 0 saturated heterocycles. The monoisotopic (exact) mass is 245 g/mol. The minimum Gasteiger partial charge on any atom is -0.325 e. The third kappa shape index (κ3) is 2.77. The maximum absolute atomic E-state index is 6.72. The zero-order valence-electron chi connectivity index (χ0n) is 12.3. The highest BCUT2D eigenvalue weighted by Gasteiger charge is 2.36. The van der Waals surface area contributed by atoms with E-state index in [2.05, 4.69) is 45.9 Å². The van der Waals surface area contributed by atoms with Crippen LogP contribution >= 0.6 is 0 Å². The average Bonchev–Trinajstić information content (AvgIpc) is 2.30. The summed E-state index contributed by atoms with van der Waals surface area (Å²) in [5, 5.41) is 0. The Labute approximate surface area is 112 Å². The minimum atomic E-state index is 0.00502. The molecule has 1 fully saturated rings. The molecule has 0 amide bonds. The Bertz CT molecular complexity index is 424. The van der Waals surface area contributed by atoms with Crippen molar-refractivity contribution in [2.24, 2.45) is 17.6 Å².